The highest BCUT2D eigenvalue weighted by molar-refractivity contribution is 6.30. The summed E-state index contributed by atoms with van der Waals surface area (Å²) in [7, 11) is 4.25. The van der Waals surface area contributed by atoms with Crippen molar-refractivity contribution in [3.63, 3.8) is 0 Å². The Balaban J connectivity index is 0.000000279. The van der Waals surface area contributed by atoms with Crippen LogP contribution in [0.3, 0.4) is 0 Å². The molecular formula is C30H36Cl3N7. The van der Waals surface area contributed by atoms with Crippen LogP contribution in [-0.2, 0) is 12.8 Å². The third kappa shape index (κ3) is 9.10. The van der Waals surface area contributed by atoms with Gasteiger partial charge in [-0.05, 0) is 93.5 Å². The minimum absolute atomic E-state index is 0. The molecule has 1 aliphatic rings. The SMILES string of the molecule is CN(C)CCCN1c2ccccc2CCc2ccc(Cl)cc21.Cl.Cl.Nc1ccc(N=Nc2ccccc2)c(N)n1. The van der Waals surface area contributed by atoms with E-state index in [4.69, 9.17) is 23.1 Å². The summed E-state index contributed by atoms with van der Waals surface area (Å²) in [6.45, 7) is 2.11. The lowest BCUT2D eigenvalue weighted by atomic mass is 10.0. The average Bonchev–Trinajstić information content (AvgIpc) is 3.06. The van der Waals surface area contributed by atoms with Gasteiger partial charge in [0.1, 0.15) is 11.5 Å². The molecule has 0 spiro atoms. The topological polar surface area (TPSA) is 96.1 Å². The number of nitrogens with two attached hydrogens (primary N) is 2. The lowest BCUT2D eigenvalue weighted by Gasteiger charge is -2.27. The minimum atomic E-state index is 0. The van der Waals surface area contributed by atoms with Crippen LogP contribution in [0.25, 0.3) is 0 Å². The molecule has 0 radical (unpaired) electrons. The number of anilines is 4. The summed E-state index contributed by atoms with van der Waals surface area (Å²) >= 11 is 6.27. The van der Waals surface area contributed by atoms with Crippen LogP contribution in [0.2, 0.25) is 5.02 Å². The molecule has 212 valence electrons. The smallest absolute Gasteiger partial charge is 0.153 e. The zero-order chi connectivity index (χ0) is 26.9. The molecule has 4 N–H and O–H groups in total. The van der Waals surface area contributed by atoms with Gasteiger partial charge in [0.2, 0.25) is 0 Å². The quantitative estimate of drug-likeness (QED) is 0.218. The number of rotatable bonds is 6. The van der Waals surface area contributed by atoms with Crippen LogP contribution in [0.4, 0.5) is 34.4 Å². The van der Waals surface area contributed by atoms with E-state index in [9.17, 15) is 0 Å². The third-order valence-corrected chi connectivity index (χ3v) is 6.46. The lowest BCUT2D eigenvalue weighted by molar-refractivity contribution is 0.402. The van der Waals surface area contributed by atoms with E-state index in [1.807, 2.05) is 36.4 Å². The second kappa shape index (κ2) is 16.0. The predicted molar refractivity (Wildman–Crippen MR) is 174 cm³/mol. The van der Waals surface area contributed by atoms with E-state index >= 15 is 0 Å². The zero-order valence-corrected chi connectivity index (χ0v) is 25.1. The molecule has 1 aliphatic heterocycles. The first-order valence-corrected chi connectivity index (χ1v) is 13.1. The van der Waals surface area contributed by atoms with E-state index in [1.165, 1.54) is 22.5 Å². The van der Waals surface area contributed by atoms with Crippen LogP contribution in [0, 0.1) is 0 Å². The van der Waals surface area contributed by atoms with E-state index < -0.39 is 0 Å². The van der Waals surface area contributed by atoms with Crippen molar-refractivity contribution in [3.05, 3.63) is 101 Å². The molecule has 0 atom stereocenters. The van der Waals surface area contributed by atoms with Crippen LogP contribution in [-0.4, -0.2) is 37.1 Å². The highest BCUT2D eigenvalue weighted by Crippen LogP contribution is 2.37. The molecule has 0 fully saturated rings. The molecular weight excluding hydrogens is 565 g/mol. The molecule has 0 aliphatic carbocycles. The number of para-hydroxylation sites is 1. The summed E-state index contributed by atoms with van der Waals surface area (Å²) in [5.74, 6) is 0.649. The number of hydrogen-bond acceptors (Lipinski definition) is 7. The number of aryl methyl sites for hydroxylation is 2. The summed E-state index contributed by atoms with van der Waals surface area (Å²) in [5.41, 5.74) is 17.8. The molecule has 2 heterocycles. The van der Waals surface area contributed by atoms with E-state index in [0.717, 1.165) is 43.1 Å². The molecule has 10 heteroatoms. The molecule has 1 aromatic heterocycles. The van der Waals surface area contributed by atoms with Gasteiger partial charge in [0.25, 0.3) is 0 Å². The Morgan fingerprint density at radius 1 is 0.825 bits per heavy atom. The van der Waals surface area contributed by atoms with Crippen molar-refractivity contribution >= 4 is 70.8 Å². The zero-order valence-electron chi connectivity index (χ0n) is 22.7. The first kappa shape index (κ1) is 32.8. The maximum Gasteiger partial charge on any atom is 0.153 e. The molecule has 0 bridgehead atoms. The van der Waals surface area contributed by atoms with Crippen LogP contribution in [0.1, 0.15) is 17.5 Å². The van der Waals surface area contributed by atoms with Crippen molar-refractivity contribution in [2.75, 3.05) is 43.6 Å². The van der Waals surface area contributed by atoms with Gasteiger partial charge >= 0.3 is 0 Å². The van der Waals surface area contributed by atoms with Gasteiger partial charge in [-0.15, -0.1) is 29.9 Å². The minimum Gasteiger partial charge on any atom is -0.384 e. The Labute approximate surface area is 254 Å². The Morgan fingerprint density at radius 3 is 2.20 bits per heavy atom. The number of aromatic nitrogens is 1. The third-order valence-electron chi connectivity index (χ3n) is 6.22. The van der Waals surface area contributed by atoms with Gasteiger partial charge in [-0.1, -0.05) is 54.1 Å². The normalized spacial score (nSPS) is 11.8. The van der Waals surface area contributed by atoms with Crippen LogP contribution in [0.15, 0.2) is 95.2 Å². The van der Waals surface area contributed by atoms with E-state index in [0.29, 0.717) is 11.5 Å². The number of nitrogen functional groups attached to an aromatic ring is 2. The number of pyridine rings is 1. The van der Waals surface area contributed by atoms with Gasteiger partial charge in [-0.2, -0.15) is 5.11 Å². The first-order chi connectivity index (χ1) is 18.4. The van der Waals surface area contributed by atoms with Crippen LogP contribution in [0.5, 0.6) is 0 Å². The summed E-state index contributed by atoms with van der Waals surface area (Å²) in [6.07, 6.45) is 3.30. The Morgan fingerprint density at radius 2 is 1.50 bits per heavy atom. The van der Waals surface area contributed by atoms with E-state index in [-0.39, 0.29) is 30.6 Å². The van der Waals surface area contributed by atoms with Crippen molar-refractivity contribution in [2.45, 2.75) is 19.3 Å². The predicted octanol–water partition coefficient (Wildman–Crippen LogP) is 8.03. The molecule has 7 nitrogen and oxygen atoms in total. The average molecular weight is 601 g/mol. The summed E-state index contributed by atoms with van der Waals surface area (Å²) in [5, 5.41) is 8.85. The molecule has 0 saturated heterocycles. The maximum absolute atomic E-state index is 6.27. The monoisotopic (exact) mass is 599 g/mol. The highest BCUT2D eigenvalue weighted by atomic mass is 35.5. The molecule has 0 saturated carbocycles. The van der Waals surface area contributed by atoms with Crippen molar-refractivity contribution in [1.82, 2.24) is 9.88 Å². The van der Waals surface area contributed by atoms with Crippen molar-refractivity contribution in [1.29, 1.82) is 0 Å². The highest BCUT2D eigenvalue weighted by Gasteiger charge is 2.20. The number of azo groups is 1. The molecule has 0 unspecified atom stereocenters. The first-order valence-electron chi connectivity index (χ1n) is 12.7. The van der Waals surface area contributed by atoms with Crippen molar-refractivity contribution in [2.24, 2.45) is 10.2 Å². The Hall–Kier alpha value is -3.36. The van der Waals surface area contributed by atoms with Crippen LogP contribution < -0.4 is 16.4 Å². The van der Waals surface area contributed by atoms with Gasteiger partial charge < -0.3 is 21.3 Å². The molecule has 40 heavy (non-hydrogen) atoms. The number of fused-ring (bicyclic) bond motifs is 2. The number of halogens is 3. The Kier molecular flexibility index (Phi) is 13.2. The second-order valence-electron chi connectivity index (χ2n) is 9.39. The standard InChI is InChI=1S/C19H23ClN2.C11H11N5.2ClH/c1-21(2)12-5-13-22-18-7-4-3-6-15(18)8-9-16-10-11-17(20)14-19(16)22;12-10-7-6-9(11(13)14-10)16-15-8-4-2-1-3-5-8;;/h3-4,6-7,10-11,14H,5,8-9,12-13H2,1-2H3;1-7H,(H4,12,13,14);2*1H. The number of hydrogen-bond donors (Lipinski definition) is 2. The van der Waals surface area contributed by atoms with Gasteiger partial charge in [0.05, 0.1) is 5.69 Å². The van der Waals surface area contributed by atoms with Crippen molar-refractivity contribution < 1.29 is 0 Å². The van der Waals surface area contributed by atoms with E-state index in [1.54, 1.807) is 12.1 Å². The lowest BCUT2D eigenvalue weighted by Crippen LogP contribution is -2.24. The summed E-state index contributed by atoms with van der Waals surface area (Å²) < 4.78 is 0. The molecule has 3 aromatic carbocycles. The van der Waals surface area contributed by atoms with Gasteiger partial charge in [0.15, 0.2) is 5.82 Å². The number of benzene rings is 3. The molecule has 0 amide bonds. The fourth-order valence-electron chi connectivity index (χ4n) is 4.34. The fraction of sp³-hybridized carbons (Fsp3) is 0.233. The maximum atomic E-state index is 6.27. The van der Waals surface area contributed by atoms with Crippen molar-refractivity contribution in [3.8, 4) is 0 Å². The molecule has 5 rings (SSSR count). The van der Waals surface area contributed by atoms with Crippen LogP contribution >= 0.6 is 36.4 Å². The molecule has 4 aromatic rings. The fourth-order valence-corrected chi connectivity index (χ4v) is 4.51. The van der Waals surface area contributed by atoms with Gasteiger partial charge in [-0.25, -0.2) is 4.98 Å². The number of nitrogens with zero attached hydrogens (tertiary/aromatic N) is 5. The second-order valence-corrected chi connectivity index (χ2v) is 9.82. The largest absolute Gasteiger partial charge is 0.384 e. The van der Waals surface area contributed by atoms with Gasteiger partial charge in [-0.3, -0.25) is 0 Å². The summed E-state index contributed by atoms with van der Waals surface area (Å²) in [6, 6.07) is 27.8. The van der Waals surface area contributed by atoms with E-state index in [2.05, 4.69) is 75.5 Å². The summed E-state index contributed by atoms with van der Waals surface area (Å²) in [4.78, 5) is 8.58. The Bertz CT molecular complexity index is 1380. The van der Waals surface area contributed by atoms with Gasteiger partial charge in [0, 0.05) is 22.9 Å².